The lowest BCUT2D eigenvalue weighted by atomic mass is 10.0. The van der Waals surface area contributed by atoms with Gasteiger partial charge in [0.25, 0.3) is 5.91 Å². The zero-order valence-electron chi connectivity index (χ0n) is 17.3. The van der Waals surface area contributed by atoms with Crippen LogP contribution < -0.4 is 10.1 Å². The summed E-state index contributed by atoms with van der Waals surface area (Å²) >= 11 is 0. The van der Waals surface area contributed by atoms with Gasteiger partial charge in [-0.05, 0) is 55.0 Å². The van der Waals surface area contributed by atoms with Gasteiger partial charge in [-0.1, -0.05) is 12.1 Å². The molecule has 0 aliphatic carbocycles. The molecule has 0 aliphatic heterocycles. The van der Waals surface area contributed by atoms with Crippen molar-refractivity contribution in [2.45, 2.75) is 6.92 Å². The Morgan fingerprint density at radius 2 is 1.81 bits per heavy atom. The number of carbonyl (C=O) groups is 2. The van der Waals surface area contributed by atoms with Crippen LogP contribution in [0.25, 0.3) is 17.4 Å². The maximum absolute atomic E-state index is 12.5. The van der Waals surface area contributed by atoms with Crippen molar-refractivity contribution in [2.75, 3.05) is 19.5 Å². The largest absolute Gasteiger partial charge is 0.497 e. The Morgan fingerprint density at radius 3 is 2.45 bits per heavy atom. The Labute approximate surface area is 179 Å². The molecule has 7 heteroatoms. The number of amides is 1. The van der Waals surface area contributed by atoms with Crippen molar-refractivity contribution in [3.8, 4) is 23.1 Å². The standard InChI is InChI=1S/C24H20N2O5/c1-15-20(5-4-6-21(15)24(28)30-3)22-12-11-19(31-22)13-16(14-25)23(27)26-17-7-9-18(29-2)10-8-17/h4-13H,1-3H3,(H,26,27)/b16-13-. The molecule has 0 unspecified atom stereocenters. The lowest BCUT2D eigenvalue weighted by Gasteiger charge is -2.07. The molecule has 0 radical (unpaired) electrons. The molecule has 1 amide bonds. The maximum atomic E-state index is 12.5. The molecule has 7 nitrogen and oxygen atoms in total. The van der Waals surface area contributed by atoms with E-state index in [2.05, 4.69) is 5.32 Å². The van der Waals surface area contributed by atoms with E-state index in [-0.39, 0.29) is 5.57 Å². The van der Waals surface area contributed by atoms with Gasteiger partial charge in [-0.15, -0.1) is 0 Å². The molecule has 0 atom stereocenters. The summed E-state index contributed by atoms with van der Waals surface area (Å²) in [6.07, 6.45) is 1.36. The van der Waals surface area contributed by atoms with E-state index in [1.54, 1.807) is 62.6 Å². The summed E-state index contributed by atoms with van der Waals surface area (Å²) < 4.78 is 15.7. The fraction of sp³-hybridized carbons (Fsp3) is 0.125. The Balaban J connectivity index is 1.83. The Morgan fingerprint density at radius 1 is 1.06 bits per heavy atom. The van der Waals surface area contributed by atoms with Crippen molar-refractivity contribution in [1.82, 2.24) is 0 Å². The molecule has 0 fully saturated rings. The monoisotopic (exact) mass is 416 g/mol. The van der Waals surface area contributed by atoms with Crippen LogP contribution in [0.1, 0.15) is 21.7 Å². The second-order valence-corrected chi connectivity index (χ2v) is 6.52. The van der Waals surface area contributed by atoms with Crippen molar-refractivity contribution in [3.63, 3.8) is 0 Å². The van der Waals surface area contributed by atoms with E-state index in [1.807, 2.05) is 12.1 Å². The Kier molecular flexibility index (Phi) is 6.53. The number of nitrogens with zero attached hydrogens (tertiary/aromatic N) is 1. The second-order valence-electron chi connectivity index (χ2n) is 6.52. The van der Waals surface area contributed by atoms with Gasteiger partial charge < -0.3 is 19.2 Å². The predicted molar refractivity (Wildman–Crippen MR) is 115 cm³/mol. The van der Waals surface area contributed by atoms with Gasteiger partial charge in [0.05, 0.1) is 19.8 Å². The second kappa shape index (κ2) is 9.46. The van der Waals surface area contributed by atoms with E-state index in [0.717, 1.165) is 0 Å². The summed E-state index contributed by atoms with van der Waals surface area (Å²) in [5.41, 5.74) is 2.27. The van der Waals surface area contributed by atoms with Gasteiger partial charge in [0.15, 0.2) is 0 Å². The first-order valence-corrected chi connectivity index (χ1v) is 9.32. The summed E-state index contributed by atoms with van der Waals surface area (Å²) in [4.78, 5) is 24.4. The summed E-state index contributed by atoms with van der Waals surface area (Å²) in [6.45, 7) is 1.79. The summed E-state index contributed by atoms with van der Waals surface area (Å²) in [6, 6.07) is 17.2. The summed E-state index contributed by atoms with van der Waals surface area (Å²) in [5, 5.41) is 12.1. The van der Waals surface area contributed by atoms with E-state index >= 15 is 0 Å². The molecule has 1 aromatic heterocycles. The van der Waals surface area contributed by atoms with E-state index in [0.29, 0.717) is 39.6 Å². The molecular weight excluding hydrogens is 396 g/mol. The minimum atomic E-state index is -0.561. The van der Waals surface area contributed by atoms with Crippen molar-refractivity contribution in [1.29, 1.82) is 5.26 Å². The number of furan rings is 1. The van der Waals surface area contributed by atoms with Crippen molar-refractivity contribution >= 4 is 23.6 Å². The normalized spacial score (nSPS) is 10.8. The number of hydrogen-bond acceptors (Lipinski definition) is 6. The van der Waals surface area contributed by atoms with Crippen molar-refractivity contribution in [2.24, 2.45) is 0 Å². The highest BCUT2D eigenvalue weighted by molar-refractivity contribution is 6.09. The minimum absolute atomic E-state index is 0.114. The molecule has 1 N–H and O–H groups in total. The number of rotatable bonds is 6. The first kappa shape index (κ1) is 21.4. The Hall–Kier alpha value is -4.31. The number of methoxy groups -OCH3 is 2. The number of esters is 1. The van der Waals surface area contributed by atoms with E-state index in [9.17, 15) is 14.9 Å². The summed E-state index contributed by atoms with van der Waals surface area (Å²) in [7, 11) is 2.87. The molecular formula is C24H20N2O5. The van der Waals surface area contributed by atoms with Crippen LogP contribution in [-0.4, -0.2) is 26.1 Å². The number of hydrogen-bond donors (Lipinski definition) is 1. The molecule has 1 heterocycles. The molecule has 0 bridgehead atoms. The number of nitriles is 1. The molecule has 2 aromatic carbocycles. The zero-order chi connectivity index (χ0) is 22.4. The first-order chi connectivity index (χ1) is 15.0. The molecule has 3 rings (SSSR count). The number of ether oxygens (including phenoxy) is 2. The van der Waals surface area contributed by atoms with E-state index < -0.39 is 11.9 Å². The smallest absolute Gasteiger partial charge is 0.338 e. The lowest BCUT2D eigenvalue weighted by Crippen LogP contribution is -2.13. The predicted octanol–water partition coefficient (Wildman–Crippen LogP) is 4.60. The highest BCUT2D eigenvalue weighted by Crippen LogP contribution is 2.29. The third-order valence-electron chi connectivity index (χ3n) is 4.63. The van der Waals surface area contributed by atoms with E-state index in [4.69, 9.17) is 13.9 Å². The molecule has 0 saturated heterocycles. The SMILES string of the molecule is COC(=O)c1cccc(-c2ccc(/C=C(/C#N)C(=O)Nc3ccc(OC)cc3)o2)c1C. The molecule has 0 spiro atoms. The van der Waals surface area contributed by atoms with Crippen LogP contribution in [0, 0.1) is 18.3 Å². The minimum Gasteiger partial charge on any atom is -0.497 e. The fourth-order valence-electron chi connectivity index (χ4n) is 2.97. The van der Waals surface area contributed by atoms with Crippen LogP contribution in [-0.2, 0) is 9.53 Å². The quantitative estimate of drug-likeness (QED) is 0.358. The molecule has 31 heavy (non-hydrogen) atoms. The average molecular weight is 416 g/mol. The van der Waals surface area contributed by atoms with Crippen molar-refractivity contribution < 1.29 is 23.5 Å². The van der Waals surface area contributed by atoms with Gasteiger partial charge in [0.2, 0.25) is 0 Å². The van der Waals surface area contributed by atoms with Crippen LogP contribution in [0.4, 0.5) is 5.69 Å². The lowest BCUT2D eigenvalue weighted by molar-refractivity contribution is -0.112. The van der Waals surface area contributed by atoms with Gasteiger partial charge in [0, 0.05) is 17.3 Å². The van der Waals surface area contributed by atoms with Crippen LogP contribution >= 0.6 is 0 Å². The highest BCUT2D eigenvalue weighted by atomic mass is 16.5. The van der Waals surface area contributed by atoms with Crippen LogP contribution in [0.2, 0.25) is 0 Å². The number of anilines is 1. The number of nitrogens with one attached hydrogen (secondary N) is 1. The number of benzene rings is 2. The average Bonchev–Trinajstić information content (AvgIpc) is 3.25. The third-order valence-corrected chi connectivity index (χ3v) is 4.63. The molecule has 0 saturated carbocycles. The van der Waals surface area contributed by atoms with Gasteiger partial charge in [-0.25, -0.2) is 4.79 Å². The van der Waals surface area contributed by atoms with E-state index in [1.165, 1.54) is 13.2 Å². The van der Waals surface area contributed by atoms with Gasteiger partial charge in [-0.2, -0.15) is 5.26 Å². The van der Waals surface area contributed by atoms with Crippen molar-refractivity contribution in [3.05, 3.63) is 77.1 Å². The van der Waals surface area contributed by atoms with Gasteiger partial charge in [-0.3, -0.25) is 4.79 Å². The zero-order valence-corrected chi connectivity index (χ0v) is 17.3. The number of carbonyl (C=O) groups excluding carboxylic acids is 2. The molecule has 3 aromatic rings. The van der Waals surface area contributed by atoms with Crippen LogP contribution in [0.15, 0.2) is 64.6 Å². The maximum Gasteiger partial charge on any atom is 0.338 e. The summed E-state index contributed by atoms with van der Waals surface area (Å²) in [5.74, 6) is 0.493. The van der Waals surface area contributed by atoms with Crippen LogP contribution in [0.3, 0.4) is 0 Å². The molecule has 0 aliphatic rings. The van der Waals surface area contributed by atoms with Crippen LogP contribution in [0.5, 0.6) is 5.75 Å². The fourth-order valence-corrected chi connectivity index (χ4v) is 2.97. The van der Waals surface area contributed by atoms with Gasteiger partial charge >= 0.3 is 5.97 Å². The molecule has 156 valence electrons. The third kappa shape index (κ3) is 4.82. The van der Waals surface area contributed by atoms with Gasteiger partial charge in [0.1, 0.15) is 28.9 Å². The first-order valence-electron chi connectivity index (χ1n) is 9.32. The topological polar surface area (TPSA) is 102 Å². The Bertz CT molecular complexity index is 1180. The highest BCUT2D eigenvalue weighted by Gasteiger charge is 2.16.